The van der Waals surface area contributed by atoms with Gasteiger partial charge in [0.15, 0.2) is 5.82 Å². The molecule has 0 bridgehead atoms. The van der Waals surface area contributed by atoms with E-state index in [1.165, 1.54) is 0 Å². The summed E-state index contributed by atoms with van der Waals surface area (Å²) in [6.07, 6.45) is 0. The van der Waals surface area contributed by atoms with E-state index in [1.807, 2.05) is 0 Å². The van der Waals surface area contributed by atoms with Crippen LogP contribution in [0.1, 0.15) is 22.1 Å². The van der Waals surface area contributed by atoms with Crippen molar-refractivity contribution in [2.45, 2.75) is 18.4 Å². The zero-order valence-corrected chi connectivity index (χ0v) is 11.5. The van der Waals surface area contributed by atoms with Crippen LogP contribution < -0.4 is 4.72 Å². The van der Waals surface area contributed by atoms with Crippen molar-refractivity contribution in [2.24, 2.45) is 0 Å². The Morgan fingerprint density at radius 2 is 2.19 bits per heavy atom. The van der Waals surface area contributed by atoms with Gasteiger partial charge in [0.2, 0.25) is 15.9 Å². The fourth-order valence-corrected chi connectivity index (χ4v) is 2.49. The highest BCUT2D eigenvalue weighted by Gasteiger charge is 2.19. The summed E-state index contributed by atoms with van der Waals surface area (Å²) in [7, 11) is -4.03. The minimum absolute atomic E-state index is 0.0524. The standard InChI is InChI=1S/C11H10FN3O5S/c1-6-14-10(20-15-6)5-13-21(18,19)7-2-3-9(12)8(4-7)11(16)17/h2-4,13H,5H2,1H3,(H,16,17). The predicted octanol–water partition coefficient (Wildman–Crippen LogP) is 0.694. The monoisotopic (exact) mass is 315 g/mol. The van der Waals surface area contributed by atoms with Crippen LogP contribution in [0.2, 0.25) is 0 Å². The largest absolute Gasteiger partial charge is 0.478 e. The topological polar surface area (TPSA) is 122 Å². The highest BCUT2D eigenvalue weighted by Crippen LogP contribution is 2.15. The average Bonchev–Trinajstić information content (AvgIpc) is 2.82. The number of nitrogens with zero attached hydrogens (tertiary/aromatic N) is 2. The molecule has 0 aliphatic rings. The van der Waals surface area contributed by atoms with Crippen molar-refractivity contribution in [1.29, 1.82) is 0 Å². The summed E-state index contributed by atoms with van der Waals surface area (Å²) in [5, 5.41) is 12.3. The molecule has 2 aromatic rings. The predicted molar refractivity (Wildman–Crippen MR) is 66.4 cm³/mol. The molecule has 0 aliphatic heterocycles. The highest BCUT2D eigenvalue weighted by molar-refractivity contribution is 7.89. The molecule has 0 atom stereocenters. The number of aryl methyl sites for hydroxylation is 1. The maximum Gasteiger partial charge on any atom is 0.338 e. The Balaban J connectivity index is 2.23. The molecule has 1 aromatic heterocycles. The molecule has 1 heterocycles. The maximum atomic E-state index is 13.2. The summed E-state index contributed by atoms with van der Waals surface area (Å²) < 4.78 is 44.1. The van der Waals surface area contributed by atoms with Crippen LogP contribution >= 0.6 is 0 Å². The molecule has 0 aliphatic carbocycles. The first-order valence-electron chi connectivity index (χ1n) is 5.61. The van der Waals surface area contributed by atoms with E-state index in [0.29, 0.717) is 5.82 Å². The summed E-state index contributed by atoms with van der Waals surface area (Å²) in [5.74, 6) is -2.18. The van der Waals surface area contributed by atoms with Gasteiger partial charge in [0.05, 0.1) is 17.0 Å². The molecular weight excluding hydrogens is 305 g/mol. The third-order valence-electron chi connectivity index (χ3n) is 2.46. The van der Waals surface area contributed by atoms with Crippen LogP contribution in [-0.2, 0) is 16.6 Å². The molecule has 2 N–H and O–H groups in total. The molecule has 10 heteroatoms. The van der Waals surface area contributed by atoms with Crippen molar-refractivity contribution in [1.82, 2.24) is 14.9 Å². The smallest absolute Gasteiger partial charge is 0.338 e. The SMILES string of the molecule is Cc1noc(CNS(=O)(=O)c2ccc(F)c(C(=O)O)c2)n1. The van der Waals surface area contributed by atoms with Gasteiger partial charge in [0.1, 0.15) is 5.82 Å². The molecular formula is C11H10FN3O5S. The van der Waals surface area contributed by atoms with Crippen molar-refractivity contribution in [3.05, 3.63) is 41.3 Å². The lowest BCUT2D eigenvalue weighted by Crippen LogP contribution is -2.24. The molecule has 112 valence electrons. The summed E-state index contributed by atoms with van der Waals surface area (Å²) in [6, 6.07) is 2.47. The van der Waals surface area contributed by atoms with E-state index in [9.17, 15) is 17.6 Å². The quantitative estimate of drug-likeness (QED) is 0.832. The summed E-state index contributed by atoms with van der Waals surface area (Å²) in [6.45, 7) is 1.31. The number of carboxylic acids is 1. The molecule has 0 unspecified atom stereocenters. The van der Waals surface area contributed by atoms with Crippen molar-refractivity contribution < 1.29 is 27.2 Å². The number of hydrogen-bond acceptors (Lipinski definition) is 6. The third-order valence-corrected chi connectivity index (χ3v) is 3.86. The Kier molecular flexibility index (Phi) is 4.00. The van der Waals surface area contributed by atoms with Crippen molar-refractivity contribution >= 4 is 16.0 Å². The van der Waals surface area contributed by atoms with E-state index in [-0.39, 0.29) is 17.3 Å². The zero-order chi connectivity index (χ0) is 15.6. The van der Waals surface area contributed by atoms with E-state index in [4.69, 9.17) is 9.63 Å². The summed E-state index contributed by atoms with van der Waals surface area (Å²) in [5.41, 5.74) is -0.730. The van der Waals surface area contributed by atoms with Gasteiger partial charge < -0.3 is 9.63 Å². The lowest BCUT2D eigenvalue weighted by Gasteiger charge is -2.06. The third kappa shape index (κ3) is 3.41. The summed E-state index contributed by atoms with van der Waals surface area (Å²) in [4.78, 5) is 14.2. The number of hydrogen-bond donors (Lipinski definition) is 2. The van der Waals surface area contributed by atoms with Gasteiger partial charge in [-0.25, -0.2) is 22.3 Å². The van der Waals surface area contributed by atoms with Crippen LogP contribution in [0.3, 0.4) is 0 Å². The van der Waals surface area contributed by atoms with Crippen LogP contribution in [0, 0.1) is 12.7 Å². The first-order valence-corrected chi connectivity index (χ1v) is 7.09. The number of nitrogens with one attached hydrogen (secondary N) is 1. The number of benzene rings is 1. The van der Waals surface area contributed by atoms with Crippen molar-refractivity contribution in [2.75, 3.05) is 0 Å². The summed E-state index contributed by atoms with van der Waals surface area (Å²) >= 11 is 0. The van der Waals surface area contributed by atoms with Crippen molar-refractivity contribution in [3.63, 3.8) is 0 Å². The number of aromatic carboxylic acids is 1. The zero-order valence-electron chi connectivity index (χ0n) is 10.7. The van der Waals surface area contributed by atoms with E-state index in [1.54, 1.807) is 6.92 Å². The number of aromatic nitrogens is 2. The Morgan fingerprint density at radius 3 is 2.76 bits per heavy atom. The Morgan fingerprint density at radius 1 is 1.48 bits per heavy atom. The van der Waals surface area contributed by atoms with E-state index in [0.717, 1.165) is 18.2 Å². The van der Waals surface area contributed by atoms with Crippen LogP contribution in [0.5, 0.6) is 0 Å². The number of rotatable bonds is 5. The lowest BCUT2D eigenvalue weighted by atomic mass is 10.2. The first kappa shape index (κ1) is 15.1. The lowest BCUT2D eigenvalue weighted by molar-refractivity contribution is 0.0691. The van der Waals surface area contributed by atoms with E-state index >= 15 is 0 Å². The van der Waals surface area contributed by atoms with Crippen LogP contribution in [0.15, 0.2) is 27.6 Å². The fourth-order valence-electron chi connectivity index (χ4n) is 1.49. The van der Waals surface area contributed by atoms with E-state index in [2.05, 4.69) is 14.9 Å². The van der Waals surface area contributed by atoms with Gasteiger partial charge in [-0.1, -0.05) is 5.16 Å². The molecule has 0 fully saturated rings. The molecule has 21 heavy (non-hydrogen) atoms. The Bertz CT molecular complexity index is 787. The van der Waals surface area contributed by atoms with Gasteiger partial charge in [-0.2, -0.15) is 4.98 Å². The molecule has 2 rings (SSSR count). The van der Waals surface area contributed by atoms with Gasteiger partial charge >= 0.3 is 5.97 Å². The molecule has 0 amide bonds. The number of carboxylic acid groups (broad SMARTS) is 1. The second-order valence-electron chi connectivity index (χ2n) is 4.01. The minimum atomic E-state index is -4.03. The molecule has 0 saturated carbocycles. The van der Waals surface area contributed by atoms with Gasteiger partial charge in [-0.3, -0.25) is 0 Å². The minimum Gasteiger partial charge on any atom is -0.478 e. The Hall–Kier alpha value is -2.33. The van der Waals surface area contributed by atoms with Crippen LogP contribution in [0.25, 0.3) is 0 Å². The molecule has 1 aromatic carbocycles. The molecule has 8 nitrogen and oxygen atoms in total. The maximum absolute atomic E-state index is 13.2. The Labute approximate surface area is 118 Å². The fraction of sp³-hybridized carbons (Fsp3) is 0.182. The molecule has 0 saturated heterocycles. The second kappa shape index (κ2) is 5.58. The second-order valence-corrected chi connectivity index (χ2v) is 5.77. The van der Waals surface area contributed by atoms with Gasteiger partial charge in [0.25, 0.3) is 0 Å². The van der Waals surface area contributed by atoms with E-state index < -0.39 is 27.4 Å². The van der Waals surface area contributed by atoms with Gasteiger partial charge in [0, 0.05) is 0 Å². The molecule has 0 spiro atoms. The number of carbonyl (C=O) groups is 1. The van der Waals surface area contributed by atoms with Gasteiger partial charge in [-0.15, -0.1) is 0 Å². The average molecular weight is 315 g/mol. The molecule has 0 radical (unpaired) electrons. The van der Waals surface area contributed by atoms with Crippen LogP contribution in [0.4, 0.5) is 4.39 Å². The van der Waals surface area contributed by atoms with Crippen molar-refractivity contribution in [3.8, 4) is 0 Å². The van der Waals surface area contributed by atoms with Gasteiger partial charge in [-0.05, 0) is 25.1 Å². The normalized spacial score (nSPS) is 11.5. The first-order chi connectivity index (χ1) is 9.79. The number of sulfonamides is 1. The highest BCUT2D eigenvalue weighted by atomic mass is 32.2. The van der Waals surface area contributed by atoms with Crippen LogP contribution in [-0.4, -0.2) is 29.6 Å². The number of halogens is 1.